The number of hydrogen-bond acceptors (Lipinski definition) is 4. The first-order valence-corrected chi connectivity index (χ1v) is 11.9. The number of rotatable bonds is 5. The third-order valence-electron chi connectivity index (χ3n) is 6.62. The van der Waals surface area contributed by atoms with Crippen LogP contribution >= 0.6 is 11.6 Å². The number of halogens is 1. The zero-order valence-corrected chi connectivity index (χ0v) is 19.8. The summed E-state index contributed by atoms with van der Waals surface area (Å²) in [7, 11) is 0. The molecule has 0 bridgehead atoms. The molecule has 0 aromatic heterocycles. The standard InChI is InChI=1S/C27H25ClN4O3/c28-23-14-8-7-13-22(23)24(33)31-17-15-30(16-18-31)19-32-25(34)27(29-26(32)35,20-9-3-1-4-10-20)21-11-5-2-6-12-21/h1-14H,15-19H2,(H,29,35). The molecule has 2 aliphatic heterocycles. The number of benzene rings is 3. The molecule has 4 amide bonds. The van der Waals surface area contributed by atoms with Gasteiger partial charge < -0.3 is 10.2 Å². The highest BCUT2D eigenvalue weighted by Gasteiger charge is 2.54. The van der Waals surface area contributed by atoms with E-state index in [9.17, 15) is 14.4 Å². The normalized spacial score (nSPS) is 18.0. The van der Waals surface area contributed by atoms with Crippen LogP contribution in [-0.4, -0.2) is 65.4 Å². The van der Waals surface area contributed by atoms with Crippen molar-refractivity contribution >= 4 is 29.4 Å². The van der Waals surface area contributed by atoms with Crippen LogP contribution in [0.1, 0.15) is 21.5 Å². The molecule has 8 heteroatoms. The molecule has 3 aromatic rings. The van der Waals surface area contributed by atoms with Crippen LogP contribution in [0, 0.1) is 0 Å². The zero-order chi connectivity index (χ0) is 24.4. The van der Waals surface area contributed by atoms with Gasteiger partial charge in [0.15, 0.2) is 5.54 Å². The monoisotopic (exact) mass is 488 g/mol. The van der Waals surface area contributed by atoms with Gasteiger partial charge in [-0.2, -0.15) is 0 Å². The van der Waals surface area contributed by atoms with E-state index in [2.05, 4.69) is 5.32 Å². The molecule has 35 heavy (non-hydrogen) atoms. The van der Waals surface area contributed by atoms with E-state index >= 15 is 0 Å². The van der Waals surface area contributed by atoms with E-state index in [4.69, 9.17) is 11.6 Å². The minimum atomic E-state index is -1.28. The Balaban J connectivity index is 1.32. The molecule has 0 aliphatic carbocycles. The summed E-state index contributed by atoms with van der Waals surface area (Å²) >= 11 is 6.19. The lowest BCUT2D eigenvalue weighted by molar-refractivity contribution is -0.132. The number of carbonyl (C=O) groups is 3. The summed E-state index contributed by atoms with van der Waals surface area (Å²) < 4.78 is 0. The molecule has 1 N–H and O–H groups in total. The fourth-order valence-corrected chi connectivity index (χ4v) is 4.95. The minimum absolute atomic E-state index is 0.114. The maximum Gasteiger partial charge on any atom is 0.326 e. The molecule has 7 nitrogen and oxygen atoms in total. The van der Waals surface area contributed by atoms with Gasteiger partial charge in [0.25, 0.3) is 11.8 Å². The van der Waals surface area contributed by atoms with Gasteiger partial charge in [0.2, 0.25) is 0 Å². The molecule has 2 aliphatic rings. The second kappa shape index (κ2) is 9.52. The molecule has 0 spiro atoms. The Bertz CT molecular complexity index is 1200. The molecule has 2 saturated heterocycles. The van der Waals surface area contributed by atoms with Gasteiger partial charge in [-0.05, 0) is 23.3 Å². The van der Waals surface area contributed by atoms with Crippen LogP contribution in [0.25, 0.3) is 0 Å². The number of nitrogens with one attached hydrogen (secondary N) is 1. The van der Waals surface area contributed by atoms with Crippen LogP contribution in [0.5, 0.6) is 0 Å². The molecular formula is C27H25ClN4O3. The lowest BCUT2D eigenvalue weighted by atomic mass is 9.83. The Kier molecular flexibility index (Phi) is 6.28. The summed E-state index contributed by atoms with van der Waals surface area (Å²) in [6.45, 7) is 2.19. The second-order valence-corrected chi connectivity index (χ2v) is 9.08. The molecule has 0 saturated carbocycles. The number of nitrogens with zero attached hydrogens (tertiary/aromatic N) is 3. The van der Waals surface area contributed by atoms with E-state index in [-0.39, 0.29) is 18.5 Å². The van der Waals surface area contributed by atoms with Gasteiger partial charge in [0.05, 0.1) is 17.3 Å². The summed E-state index contributed by atoms with van der Waals surface area (Å²) in [5.41, 5.74) is 0.623. The fourth-order valence-electron chi connectivity index (χ4n) is 4.74. The number of amides is 4. The fraction of sp³-hybridized carbons (Fsp3) is 0.222. The van der Waals surface area contributed by atoms with Crippen molar-refractivity contribution in [3.05, 3.63) is 107 Å². The highest BCUT2D eigenvalue weighted by atomic mass is 35.5. The summed E-state index contributed by atoms with van der Waals surface area (Å²) in [5, 5.41) is 3.40. The Morgan fingerprint density at radius 2 is 1.34 bits per heavy atom. The highest BCUT2D eigenvalue weighted by Crippen LogP contribution is 2.36. The second-order valence-electron chi connectivity index (χ2n) is 8.68. The van der Waals surface area contributed by atoms with Crippen molar-refractivity contribution in [1.82, 2.24) is 20.0 Å². The Hall–Kier alpha value is -3.68. The Labute approximate surface area is 208 Å². The first-order chi connectivity index (χ1) is 17.0. The first kappa shape index (κ1) is 23.1. The van der Waals surface area contributed by atoms with Crippen LogP contribution in [-0.2, 0) is 10.3 Å². The molecule has 0 atom stereocenters. The number of piperazine rings is 1. The molecule has 0 unspecified atom stereocenters. The van der Waals surface area contributed by atoms with Crippen molar-refractivity contribution in [2.24, 2.45) is 0 Å². The first-order valence-electron chi connectivity index (χ1n) is 11.5. The predicted molar refractivity (Wildman–Crippen MR) is 133 cm³/mol. The van der Waals surface area contributed by atoms with Gasteiger partial charge >= 0.3 is 6.03 Å². The van der Waals surface area contributed by atoms with Crippen LogP contribution in [0.3, 0.4) is 0 Å². The van der Waals surface area contributed by atoms with Crippen molar-refractivity contribution in [3.63, 3.8) is 0 Å². The van der Waals surface area contributed by atoms with Gasteiger partial charge in [-0.3, -0.25) is 14.5 Å². The number of urea groups is 1. The van der Waals surface area contributed by atoms with Gasteiger partial charge in [0, 0.05) is 26.2 Å². The summed E-state index contributed by atoms with van der Waals surface area (Å²) in [6, 6.07) is 25.2. The quantitative estimate of drug-likeness (QED) is 0.557. The number of hydrogen-bond donors (Lipinski definition) is 1. The van der Waals surface area contributed by atoms with E-state index in [0.29, 0.717) is 47.9 Å². The third kappa shape index (κ3) is 4.17. The Morgan fingerprint density at radius 1 is 0.800 bits per heavy atom. The van der Waals surface area contributed by atoms with E-state index < -0.39 is 11.6 Å². The van der Waals surface area contributed by atoms with Crippen molar-refractivity contribution in [1.29, 1.82) is 0 Å². The molecular weight excluding hydrogens is 464 g/mol. The minimum Gasteiger partial charge on any atom is -0.336 e. The maximum atomic E-state index is 13.8. The van der Waals surface area contributed by atoms with Crippen LogP contribution in [0.4, 0.5) is 4.79 Å². The van der Waals surface area contributed by atoms with Crippen molar-refractivity contribution in [3.8, 4) is 0 Å². The average molecular weight is 489 g/mol. The van der Waals surface area contributed by atoms with Gasteiger partial charge in [-0.1, -0.05) is 84.4 Å². The van der Waals surface area contributed by atoms with Crippen LogP contribution in [0.15, 0.2) is 84.9 Å². The Morgan fingerprint density at radius 3 is 1.91 bits per heavy atom. The lowest BCUT2D eigenvalue weighted by Gasteiger charge is -2.36. The molecule has 3 aromatic carbocycles. The topological polar surface area (TPSA) is 73.0 Å². The van der Waals surface area contributed by atoms with Gasteiger partial charge in [-0.15, -0.1) is 0 Å². The molecule has 178 valence electrons. The highest BCUT2D eigenvalue weighted by molar-refractivity contribution is 6.33. The predicted octanol–water partition coefficient (Wildman–Crippen LogP) is 3.55. The van der Waals surface area contributed by atoms with Gasteiger partial charge in [0.1, 0.15) is 0 Å². The van der Waals surface area contributed by atoms with Crippen molar-refractivity contribution < 1.29 is 14.4 Å². The van der Waals surface area contributed by atoms with E-state index in [1.165, 1.54) is 4.90 Å². The maximum absolute atomic E-state index is 13.8. The SMILES string of the molecule is O=C(c1ccccc1Cl)N1CCN(CN2C(=O)NC(c3ccccc3)(c3ccccc3)C2=O)CC1. The number of imide groups is 1. The van der Waals surface area contributed by atoms with E-state index in [1.807, 2.05) is 65.6 Å². The third-order valence-corrected chi connectivity index (χ3v) is 6.95. The number of carbonyl (C=O) groups excluding carboxylic acids is 3. The van der Waals surface area contributed by atoms with E-state index in [1.54, 1.807) is 29.2 Å². The molecule has 0 radical (unpaired) electrons. The van der Waals surface area contributed by atoms with E-state index in [0.717, 1.165) is 0 Å². The zero-order valence-electron chi connectivity index (χ0n) is 19.1. The lowest BCUT2D eigenvalue weighted by Crippen LogP contribution is -2.53. The van der Waals surface area contributed by atoms with Crippen LogP contribution in [0.2, 0.25) is 5.02 Å². The van der Waals surface area contributed by atoms with Crippen molar-refractivity contribution in [2.45, 2.75) is 5.54 Å². The average Bonchev–Trinajstić information content (AvgIpc) is 3.16. The molecule has 2 heterocycles. The largest absolute Gasteiger partial charge is 0.336 e. The molecule has 5 rings (SSSR count). The smallest absolute Gasteiger partial charge is 0.326 e. The van der Waals surface area contributed by atoms with Crippen molar-refractivity contribution in [2.75, 3.05) is 32.8 Å². The van der Waals surface area contributed by atoms with Gasteiger partial charge in [-0.25, -0.2) is 9.69 Å². The summed E-state index contributed by atoms with van der Waals surface area (Å²) in [6.07, 6.45) is 0. The summed E-state index contributed by atoms with van der Waals surface area (Å²) in [5.74, 6) is -0.424. The summed E-state index contributed by atoms with van der Waals surface area (Å²) in [4.78, 5) is 44.9. The van der Waals surface area contributed by atoms with Crippen LogP contribution < -0.4 is 5.32 Å². The molecule has 2 fully saturated rings.